The van der Waals surface area contributed by atoms with Crippen LogP contribution in [0.3, 0.4) is 0 Å². The van der Waals surface area contributed by atoms with Crippen LogP contribution in [0, 0.1) is 0 Å². The van der Waals surface area contributed by atoms with E-state index in [4.69, 9.17) is 14.2 Å². The zero-order valence-corrected chi connectivity index (χ0v) is 9.56. The van der Waals surface area contributed by atoms with Crippen molar-refractivity contribution in [2.24, 2.45) is 0 Å². The molecule has 4 nitrogen and oxygen atoms in total. The van der Waals surface area contributed by atoms with Crippen LogP contribution in [0.1, 0.15) is 10.4 Å². The van der Waals surface area contributed by atoms with Crippen LogP contribution in [0.25, 0.3) is 0 Å². The Morgan fingerprint density at radius 2 is 1.94 bits per heavy atom. The maximum Gasteiger partial charge on any atom is 0.192 e. The van der Waals surface area contributed by atoms with E-state index in [1.807, 2.05) is 6.07 Å². The van der Waals surface area contributed by atoms with Gasteiger partial charge in [-0.2, -0.15) is 0 Å². The molecule has 0 aromatic heterocycles. The number of rotatable bonds is 7. The van der Waals surface area contributed by atoms with Crippen LogP contribution in [0.4, 0.5) is 0 Å². The number of Topliss-reactive ketones (excluding diaryl/α,β-unsaturated/α-hetero) is 1. The molecule has 0 N–H and O–H groups in total. The molecule has 0 radical (unpaired) electrons. The van der Waals surface area contributed by atoms with Gasteiger partial charge in [-0.3, -0.25) is 4.79 Å². The van der Waals surface area contributed by atoms with Crippen molar-refractivity contribution in [3.63, 3.8) is 0 Å². The Labute approximate surface area is 95.1 Å². The number of methoxy groups -OCH3 is 2. The van der Waals surface area contributed by atoms with Crippen molar-refractivity contribution in [1.82, 2.24) is 0 Å². The van der Waals surface area contributed by atoms with Gasteiger partial charge in [0, 0.05) is 7.11 Å². The first-order chi connectivity index (χ1) is 7.79. The van der Waals surface area contributed by atoms with Crippen LogP contribution in [-0.2, 0) is 9.47 Å². The van der Waals surface area contributed by atoms with Gasteiger partial charge in [0.1, 0.15) is 12.4 Å². The molecule has 0 heterocycles. The fourth-order valence-corrected chi connectivity index (χ4v) is 1.26. The Morgan fingerprint density at radius 3 is 2.62 bits per heavy atom. The lowest BCUT2D eigenvalue weighted by Gasteiger charge is -2.07. The van der Waals surface area contributed by atoms with Crippen molar-refractivity contribution in [3.8, 4) is 5.75 Å². The molecule has 0 aliphatic carbocycles. The number of carbonyl (C=O) groups excluding carboxylic acids is 1. The van der Waals surface area contributed by atoms with Crippen LogP contribution in [-0.4, -0.2) is 39.8 Å². The molecule has 0 saturated heterocycles. The summed E-state index contributed by atoms with van der Waals surface area (Å²) in [4.78, 5) is 11.7. The van der Waals surface area contributed by atoms with Gasteiger partial charge in [-0.1, -0.05) is 12.1 Å². The number of hydrogen-bond acceptors (Lipinski definition) is 4. The van der Waals surface area contributed by atoms with E-state index < -0.39 is 0 Å². The molecule has 0 saturated carbocycles. The van der Waals surface area contributed by atoms with Gasteiger partial charge >= 0.3 is 0 Å². The third-order valence-electron chi connectivity index (χ3n) is 2.07. The molecule has 88 valence electrons. The van der Waals surface area contributed by atoms with Crippen LogP contribution in [0.5, 0.6) is 5.75 Å². The average molecular weight is 224 g/mol. The zero-order chi connectivity index (χ0) is 11.8. The van der Waals surface area contributed by atoms with Crippen LogP contribution < -0.4 is 4.74 Å². The van der Waals surface area contributed by atoms with E-state index in [-0.39, 0.29) is 12.4 Å². The highest BCUT2D eigenvalue weighted by Gasteiger charge is 2.10. The number of carbonyl (C=O) groups is 1. The van der Waals surface area contributed by atoms with Crippen molar-refractivity contribution < 1.29 is 19.0 Å². The molecule has 0 bridgehead atoms. The molecule has 0 unspecified atom stereocenters. The fraction of sp³-hybridized carbons (Fsp3) is 0.417. The van der Waals surface area contributed by atoms with Crippen LogP contribution in [0.2, 0.25) is 0 Å². The number of benzene rings is 1. The summed E-state index contributed by atoms with van der Waals surface area (Å²) in [5.74, 6) is 0.483. The summed E-state index contributed by atoms with van der Waals surface area (Å²) in [6.07, 6.45) is 0. The zero-order valence-electron chi connectivity index (χ0n) is 9.56. The molecule has 0 amide bonds. The largest absolute Gasteiger partial charge is 0.496 e. The van der Waals surface area contributed by atoms with Gasteiger partial charge in [-0.05, 0) is 12.1 Å². The highest BCUT2D eigenvalue weighted by Crippen LogP contribution is 2.17. The van der Waals surface area contributed by atoms with E-state index in [0.717, 1.165) is 0 Å². The van der Waals surface area contributed by atoms with E-state index in [9.17, 15) is 4.79 Å². The molecule has 0 aliphatic rings. The van der Waals surface area contributed by atoms with Crippen molar-refractivity contribution in [2.75, 3.05) is 34.0 Å². The summed E-state index contributed by atoms with van der Waals surface area (Å²) in [6.45, 7) is 0.945. The van der Waals surface area contributed by atoms with E-state index in [0.29, 0.717) is 24.5 Å². The maximum atomic E-state index is 11.7. The number of ether oxygens (including phenoxy) is 3. The highest BCUT2D eigenvalue weighted by atomic mass is 16.5. The van der Waals surface area contributed by atoms with Gasteiger partial charge in [-0.15, -0.1) is 0 Å². The van der Waals surface area contributed by atoms with Crippen LogP contribution in [0.15, 0.2) is 24.3 Å². The Balaban J connectivity index is 2.52. The molecule has 16 heavy (non-hydrogen) atoms. The van der Waals surface area contributed by atoms with Gasteiger partial charge in [0.15, 0.2) is 5.78 Å². The minimum absolute atomic E-state index is 0.0454. The molecule has 1 aromatic carbocycles. The van der Waals surface area contributed by atoms with Crippen molar-refractivity contribution >= 4 is 5.78 Å². The van der Waals surface area contributed by atoms with E-state index in [1.165, 1.54) is 7.11 Å². The van der Waals surface area contributed by atoms with Crippen LogP contribution >= 0.6 is 0 Å². The number of para-hydroxylation sites is 1. The van der Waals surface area contributed by atoms with Gasteiger partial charge in [-0.25, -0.2) is 0 Å². The molecule has 1 rings (SSSR count). The van der Waals surface area contributed by atoms with E-state index in [2.05, 4.69) is 0 Å². The smallest absolute Gasteiger partial charge is 0.192 e. The summed E-state index contributed by atoms with van der Waals surface area (Å²) in [7, 11) is 3.13. The van der Waals surface area contributed by atoms with E-state index >= 15 is 0 Å². The van der Waals surface area contributed by atoms with Gasteiger partial charge in [0.2, 0.25) is 0 Å². The summed E-state index contributed by atoms with van der Waals surface area (Å²) >= 11 is 0. The first-order valence-electron chi connectivity index (χ1n) is 5.02. The van der Waals surface area contributed by atoms with Gasteiger partial charge in [0.25, 0.3) is 0 Å². The second-order valence-electron chi connectivity index (χ2n) is 3.17. The average Bonchev–Trinajstić information content (AvgIpc) is 2.34. The quantitative estimate of drug-likeness (QED) is 0.520. The van der Waals surface area contributed by atoms with Crippen molar-refractivity contribution in [1.29, 1.82) is 0 Å². The topological polar surface area (TPSA) is 44.8 Å². The molecule has 0 atom stereocenters. The monoisotopic (exact) mass is 224 g/mol. The summed E-state index contributed by atoms with van der Waals surface area (Å²) in [5, 5.41) is 0. The predicted octanol–water partition coefficient (Wildman–Crippen LogP) is 1.54. The van der Waals surface area contributed by atoms with Crippen molar-refractivity contribution in [3.05, 3.63) is 29.8 Å². The second kappa shape index (κ2) is 6.98. The summed E-state index contributed by atoms with van der Waals surface area (Å²) in [6, 6.07) is 7.09. The molecule has 0 fully saturated rings. The second-order valence-corrected chi connectivity index (χ2v) is 3.17. The molecule has 0 aliphatic heterocycles. The summed E-state index contributed by atoms with van der Waals surface area (Å²) < 4.78 is 15.1. The Hall–Kier alpha value is -1.39. The first-order valence-corrected chi connectivity index (χ1v) is 5.02. The molecule has 0 spiro atoms. The van der Waals surface area contributed by atoms with E-state index in [1.54, 1.807) is 25.3 Å². The number of hydrogen-bond donors (Lipinski definition) is 0. The fourth-order valence-electron chi connectivity index (χ4n) is 1.26. The normalized spacial score (nSPS) is 10.1. The third kappa shape index (κ3) is 3.64. The SMILES string of the molecule is COCCOCC(=O)c1ccccc1OC. The first kappa shape index (κ1) is 12.7. The predicted molar refractivity (Wildman–Crippen MR) is 60.0 cm³/mol. The van der Waals surface area contributed by atoms with Crippen molar-refractivity contribution in [2.45, 2.75) is 0 Å². The highest BCUT2D eigenvalue weighted by molar-refractivity contribution is 5.99. The minimum atomic E-state index is -0.0893. The molecule has 4 heteroatoms. The molecular formula is C12H16O4. The van der Waals surface area contributed by atoms with Gasteiger partial charge < -0.3 is 14.2 Å². The summed E-state index contributed by atoms with van der Waals surface area (Å²) in [5.41, 5.74) is 0.544. The maximum absolute atomic E-state index is 11.7. The lowest BCUT2D eigenvalue weighted by Crippen LogP contribution is -2.12. The lowest BCUT2D eigenvalue weighted by atomic mass is 10.1. The number of ketones is 1. The molecular weight excluding hydrogens is 208 g/mol. The molecule has 1 aromatic rings. The standard InChI is InChI=1S/C12H16O4/c1-14-7-8-16-9-11(13)10-5-3-4-6-12(10)15-2/h3-6H,7-9H2,1-2H3. The Morgan fingerprint density at radius 1 is 1.19 bits per heavy atom. The Kier molecular flexibility index (Phi) is 5.53. The lowest BCUT2D eigenvalue weighted by molar-refractivity contribution is 0.0575. The third-order valence-corrected chi connectivity index (χ3v) is 2.07. The van der Waals surface area contributed by atoms with Gasteiger partial charge in [0.05, 0.1) is 25.9 Å². The minimum Gasteiger partial charge on any atom is -0.496 e. The Bertz CT molecular complexity index is 336.